The van der Waals surface area contributed by atoms with Crippen molar-refractivity contribution >= 4 is 12.1 Å². The van der Waals surface area contributed by atoms with Crippen LogP contribution in [0.2, 0.25) is 0 Å². The molecule has 22 heavy (non-hydrogen) atoms. The van der Waals surface area contributed by atoms with Crippen LogP contribution >= 0.6 is 0 Å². The molecule has 6 nitrogen and oxygen atoms in total. The van der Waals surface area contributed by atoms with Crippen LogP contribution in [0.5, 0.6) is 0 Å². The van der Waals surface area contributed by atoms with Gasteiger partial charge in [-0.3, -0.25) is 4.79 Å². The molecule has 0 saturated heterocycles. The molecule has 0 heterocycles. The van der Waals surface area contributed by atoms with Crippen LogP contribution in [-0.4, -0.2) is 43.0 Å². The summed E-state index contributed by atoms with van der Waals surface area (Å²) in [6.45, 7) is 6.09. The van der Waals surface area contributed by atoms with Gasteiger partial charge in [-0.05, 0) is 58.8 Å². The molecule has 0 spiro atoms. The number of amides is 1. The normalized spacial score (nSPS) is 17.6. The van der Waals surface area contributed by atoms with Gasteiger partial charge < -0.3 is 19.9 Å². The number of rotatable bonds is 9. The first-order chi connectivity index (χ1) is 10.2. The summed E-state index contributed by atoms with van der Waals surface area (Å²) in [6, 6.07) is 0. The molecule has 1 aliphatic carbocycles. The Balaban J connectivity index is 2.62. The van der Waals surface area contributed by atoms with Crippen LogP contribution < -0.4 is 5.32 Å². The summed E-state index contributed by atoms with van der Waals surface area (Å²) < 4.78 is 10.2. The first kappa shape index (κ1) is 18.7. The van der Waals surface area contributed by atoms with Crippen LogP contribution in [-0.2, 0) is 14.3 Å². The van der Waals surface area contributed by atoms with Gasteiger partial charge in [-0.15, -0.1) is 0 Å². The molecule has 0 aliphatic heterocycles. The van der Waals surface area contributed by atoms with E-state index >= 15 is 0 Å². The fourth-order valence-corrected chi connectivity index (χ4v) is 2.66. The quantitative estimate of drug-likeness (QED) is 0.639. The second kappa shape index (κ2) is 7.81. The number of aliphatic carboxylic acids is 1. The summed E-state index contributed by atoms with van der Waals surface area (Å²) in [5.41, 5.74) is -1.47. The van der Waals surface area contributed by atoms with Crippen molar-refractivity contribution in [1.29, 1.82) is 0 Å². The Morgan fingerprint density at radius 1 is 1.23 bits per heavy atom. The number of alkyl carbamates (subject to hydrolysis) is 1. The van der Waals surface area contributed by atoms with Gasteiger partial charge in [0, 0.05) is 20.3 Å². The highest BCUT2D eigenvalue weighted by Crippen LogP contribution is 2.48. The second-order valence-electron chi connectivity index (χ2n) is 7.04. The van der Waals surface area contributed by atoms with Gasteiger partial charge in [0.25, 0.3) is 0 Å². The van der Waals surface area contributed by atoms with E-state index in [1.807, 2.05) is 0 Å². The number of methoxy groups -OCH3 is 1. The Kier molecular flexibility index (Phi) is 6.66. The van der Waals surface area contributed by atoms with E-state index in [2.05, 4.69) is 5.32 Å². The van der Waals surface area contributed by atoms with Crippen molar-refractivity contribution in [3.8, 4) is 0 Å². The number of ether oxygens (including phenoxy) is 2. The molecule has 0 aromatic carbocycles. The first-order valence-corrected chi connectivity index (χ1v) is 7.90. The highest BCUT2D eigenvalue weighted by molar-refractivity contribution is 5.77. The molecule has 1 rings (SSSR count). The van der Waals surface area contributed by atoms with Gasteiger partial charge in [0.15, 0.2) is 0 Å². The van der Waals surface area contributed by atoms with E-state index in [4.69, 9.17) is 9.47 Å². The Labute approximate surface area is 132 Å². The van der Waals surface area contributed by atoms with Crippen molar-refractivity contribution in [1.82, 2.24) is 5.32 Å². The van der Waals surface area contributed by atoms with Crippen LogP contribution in [0, 0.1) is 11.3 Å². The maximum Gasteiger partial charge on any atom is 0.407 e. The molecule has 6 heteroatoms. The molecule has 1 unspecified atom stereocenters. The molecule has 1 atom stereocenters. The summed E-state index contributed by atoms with van der Waals surface area (Å²) >= 11 is 0. The summed E-state index contributed by atoms with van der Waals surface area (Å²) in [6.07, 6.45) is 3.40. The molecular weight excluding hydrogens is 286 g/mol. The number of hydrogen-bond acceptors (Lipinski definition) is 4. The maximum absolute atomic E-state index is 11.8. The Morgan fingerprint density at radius 3 is 2.32 bits per heavy atom. The molecule has 1 saturated carbocycles. The lowest BCUT2D eigenvalue weighted by Gasteiger charge is -2.30. The van der Waals surface area contributed by atoms with Crippen LogP contribution in [0.4, 0.5) is 4.79 Å². The third-order valence-electron chi connectivity index (χ3n) is 3.95. The summed E-state index contributed by atoms with van der Waals surface area (Å²) in [5.74, 6) is -0.689. The van der Waals surface area contributed by atoms with Crippen molar-refractivity contribution in [3.63, 3.8) is 0 Å². The Morgan fingerprint density at radius 2 is 1.86 bits per heavy atom. The lowest BCUT2D eigenvalue weighted by molar-refractivity contribution is -0.150. The van der Waals surface area contributed by atoms with Crippen LogP contribution in [0.3, 0.4) is 0 Å². The number of nitrogens with one attached hydrogen (secondary N) is 1. The fraction of sp³-hybridized carbons (Fsp3) is 0.875. The van der Waals surface area contributed by atoms with Crippen molar-refractivity contribution in [2.45, 2.75) is 58.5 Å². The van der Waals surface area contributed by atoms with Gasteiger partial charge in [-0.1, -0.05) is 0 Å². The van der Waals surface area contributed by atoms with Gasteiger partial charge in [0.1, 0.15) is 5.60 Å². The lowest BCUT2D eigenvalue weighted by Crippen LogP contribution is -2.46. The molecule has 0 radical (unpaired) electrons. The number of carbonyl (C=O) groups is 2. The standard InChI is InChI=1S/C16H29NO5/c1-15(2,3)22-14(20)17-11-16(13(18)19,12-7-8-12)9-5-6-10-21-4/h12H,5-11H2,1-4H3,(H,17,20)(H,18,19). The second-order valence-corrected chi connectivity index (χ2v) is 7.04. The van der Waals surface area contributed by atoms with Gasteiger partial charge in [0.2, 0.25) is 0 Å². The molecule has 1 aliphatic rings. The zero-order valence-electron chi connectivity index (χ0n) is 14.1. The first-order valence-electron chi connectivity index (χ1n) is 7.90. The number of carboxylic acids is 1. The predicted molar refractivity (Wildman–Crippen MR) is 82.8 cm³/mol. The van der Waals surface area contributed by atoms with E-state index in [-0.39, 0.29) is 12.5 Å². The lowest BCUT2D eigenvalue weighted by atomic mass is 9.78. The zero-order valence-corrected chi connectivity index (χ0v) is 14.1. The van der Waals surface area contributed by atoms with Crippen molar-refractivity contribution in [3.05, 3.63) is 0 Å². The topological polar surface area (TPSA) is 84.9 Å². The molecule has 0 aromatic rings. The van der Waals surface area contributed by atoms with Crippen LogP contribution in [0.15, 0.2) is 0 Å². The third-order valence-corrected chi connectivity index (χ3v) is 3.95. The highest BCUT2D eigenvalue weighted by atomic mass is 16.6. The predicted octanol–water partition coefficient (Wildman–Crippen LogP) is 2.81. The minimum absolute atomic E-state index is 0.120. The van der Waals surface area contributed by atoms with Gasteiger partial charge >= 0.3 is 12.1 Å². The summed E-state index contributed by atoms with van der Waals surface area (Å²) in [7, 11) is 1.63. The largest absolute Gasteiger partial charge is 0.481 e. The van der Waals surface area contributed by atoms with Gasteiger partial charge in [0.05, 0.1) is 5.41 Å². The molecule has 0 aromatic heterocycles. The summed E-state index contributed by atoms with van der Waals surface area (Å²) in [5, 5.41) is 12.4. The SMILES string of the molecule is COCCCCC(CNC(=O)OC(C)(C)C)(C(=O)O)C1CC1. The smallest absolute Gasteiger partial charge is 0.407 e. The van der Waals surface area contributed by atoms with Crippen molar-refractivity contribution in [2.75, 3.05) is 20.3 Å². The molecule has 1 fully saturated rings. The van der Waals surface area contributed by atoms with Gasteiger partial charge in [-0.2, -0.15) is 0 Å². The molecule has 2 N–H and O–H groups in total. The maximum atomic E-state index is 11.8. The van der Waals surface area contributed by atoms with E-state index in [1.165, 1.54) is 0 Å². The highest BCUT2D eigenvalue weighted by Gasteiger charge is 2.50. The Bertz CT molecular complexity index is 386. The average Bonchev–Trinajstić information content (AvgIpc) is 3.20. The van der Waals surface area contributed by atoms with E-state index in [0.717, 1.165) is 25.7 Å². The molecule has 0 bridgehead atoms. The van der Waals surface area contributed by atoms with Gasteiger partial charge in [-0.25, -0.2) is 4.79 Å². The molecule has 128 valence electrons. The fourth-order valence-electron chi connectivity index (χ4n) is 2.66. The third kappa shape index (κ3) is 5.83. The van der Waals surface area contributed by atoms with Crippen molar-refractivity contribution in [2.24, 2.45) is 11.3 Å². The van der Waals surface area contributed by atoms with Crippen molar-refractivity contribution < 1.29 is 24.2 Å². The number of unbranched alkanes of at least 4 members (excludes halogenated alkanes) is 1. The number of carbonyl (C=O) groups excluding carboxylic acids is 1. The summed E-state index contributed by atoms with van der Waals surface area (Å²) in [4.78, 5) is 23.6. The average molecular weight is 315 g/mol. The number of carboxylic acid groups (broad SMARTS) is 1. The minimum Gasteiger partial charge on any atom is -0.481 e. The zero-order chi connectivity index (χ0) is 16.8. The van der Waals surface area contributed by atoms with Crippen LogP contribution in [0.25, 0.3) is 0 Å². The van der Waals surface area contributed by atoms with E-state index < -0.39 is 23.1 Å². The molecule has 1 amide bonds. The van der Waals surface area contributed by atoms with Crippen LogP contribution in [0.1, 0.15) is 52.9 Å². The monoisotopic (exact) mass is 315 g/mol. The number of hydrogen-bond donors (Lipinski definition) is 2. The Hall–Kier alpha value is -1.30. The minimum atomic E-state index is -0.884. The van der Waals surface area contributed by atoms with E-state index in [9.17, 15) is 14.7 Å². The van der Waals surface area contributed by atoms with E-state index in [1.54, 1.807) is 27.9 Å². The molecular formula is C16H29NO5. The van der Waals surface area contributed by atoms with E-state index in [0.29, 0.717) is 13.0 Å².